The fraction of sp³-hybridized carbons (Fsp3) is 0.250. The molecule has 4 heteroatoms. The van der Waals surface area contributed by atoms with Crippen molar-refractivity contribution in [1.29, 1.82) is 0 Å². The highest BCUT2D eigenvalue weighted by Crippen LogP contribution is 2.27. The van der Waals surface area contributed by atoms with Gasteiger partial charge >= 0.3 is 0 Å². The van der Waals surface area contributed by atoms with Gasteiger partial charge in [0, 0.05) is 17.2 Å². The van der Waals surface area contributed by atoms with Crippen molar-refractivity contribution in [3.63, 3.8) is 0 Å². The molecule has 1 unspecified atom stereocenters. The average molecular weight is 286 g/mol. The summed E-state index contributed by atoms with van der Waals surface area (Å²) in [5.41, 5.74) is 3.94. The Kier molecular flexibility index (Phi) is 3.45. The Bertz CT molecular complexity index is 734. The van der Waals surface area contributed by atoms with E-state index in [0.29, 0.717) is 11.1 Å². The van der Waals surface area contributed by atoms with Crippen LogP contribution in [0.15, 0.2) is 42.6 Å². The molecule has 20 heavy (non-hydrogen) atoms. The molecule has 0 radical (unpaired) electrons. The third-order valence-electron chi connectivity index (χ3n) is 3.67. The van der Waals surface area contributed by atoms with Crippen LogP contribution < -0.4 is 0 Å². The SMILES string of the molecule is CCC(C)c1cnn2c(Cl)cc(-c3ccccc3)nc12. The van der Waals surface area contributed by atoms with Gasteiger partial charge in [0.1, 0.15) is 5.15 Å². The molecule has 0 aliphatic carbocycles. The average Bonchev–Trinajstić information content (AvgIpc) is 2.92. The monoisotopic (exact) mass is 285 g/mol. The van der Waals surface area contributed by atoms with Crippen LogP contribution in [0.5, 0.6) is 0 Å². The summed E-state index contributed by atoms with van der Waals surface area (Å²) >= 11 is 6.33. The molecule has 0 spiro atoms. The lowest BCUT2D eigenvalue weighted by molar-refractivity contribution is 0.737. The Morgan fingerprint density at radius 3 is 2.70 bits per heavy atom. The summed E-state index contributed by atoms with van der Waals surface area (Å²) in [5, 5.41) is 4.93. The number of aromatic nitrogens is 3. The highest BCUT2D eigenvalue weighted by molar-refractivity contribution is 6.30. The van der Waals surface area contributed by atoms with Crippen LogP contribution in [-0.2, 0) is 0 Å². The molecule has 0 aliphatic rings. The van der Waals surface area contributed by atoms with Crippen molar-refractivity contribution in [2.45, 2.75) is 26.2 Å². The van der Waals surface area contributed by atoms with Gasteiger partial charge in [-0.3, -0.25) is 0 Å². The van der Waals surface area contributed by atoms with E-state index in [-0.39, 0.29) is 0 Å². The largest absolute Gasteiger partial charge is 0.228 e. The number of hydrogen-bond acceptors (Lipinski definition) is 2. The van der Waals surface area contributed by atoms with Gasteiger partial charge in [0.15, 0.2) is 5.65 Å². The summed E-state index contributed by atoms with van der Waals surface area (Å²) < 4.78 is 1.70. The first-order valence-electron chi connectivity index (χ1n) is 6.80. The van der Waals surface area contributed by atoms with Crippen LogP contribution >= 0.6 is 11.6 Å². The molecule has 0 fully saturated rings. The van der Waals surface area contributed by atoms with E-state index in [1.807, 2.05) is 42.6 Å². The molecule has 3 nitrogen and oxygen atoms in total. The molecule has 0 saturated heterocycles. The van der Waals surface area contributed by atoms with E-state index in [9.17, 15) is 0 Å². The zero-order valence-electron chi connectivity index (χ0n) is 11.5. The van der Waals surface area contributed by atoms with Crippen molar-refractivity contribution in [3.8, 4) is 11.3 Å². The zero-order valence-corrected chi connectivity index (χ0v) is 12.3. The number of hydrogen-bond donors (Lipinski definition) is 0. The molecule has 0 aliphatic heterocycles. The number of benzene rings is 1. The third kappa shape index (κ3) is 2.18. The minimum absolute atomic E-state index is 0.419. The molecule has 3 aromatic rings. The van der Waals surface area contributed by atoms with Crippen molar-refractivity contribution < 1.29 is 0 Å². The third-order valence-corrected chi connectivity index (χ3v) is 3.94. The molecule has 2 heterocycles. The normalized spacial score (nSPS) is 12.8. The lowest BCUT2D eigenvalue weighted by Crippen LogP contribution is -1.97. The van der Waals surface area contributed by atoms with Crippen LogP contribution in [0.25, 0.3) is 16.9 Å². The number of halogens is 1. The van der Waals surface area contributed by atoms with E-state index in [2.05, 4.69) is 18.9 Å². The Labute approximate surface area is 123 Å². The van der Waals surface area contributed by atoms with Gasteiger partial charge in [-0.1, -0.05) is 55.8 Å². The van der Waals surface area contributed by atoms with Crippen molar-refractivity contribution in [1.82, 2.24) is 14.6 Å². The standard InChI is InChI=1S/C16H16ClN3/c1-3-11(2)13-10-18-20-15(17)9-14(19-16(13)20)12-7-5-4-6-8-12/h4-11H,3H2,1-2H3. The molecule has 0 bridgehead atoms. The van der Waals surface area contributed by atoms with Crippen LogP contribution in [0.3, 0.4) is 0 Å². The molecular formula is C16H16ClN3. The smallest absolute Gasteiger partial charge is 0.160 e. The van der Waals surface area contributed by atoms with Gasteiger partial charge < -0.3 is 0 Å². The van der Waals surface area contributed by atoms with Gasteiger partial charge in [-0.05, 0) is 12.3 Å². The fourth-order valence-electron chi connectivity index (χ4n) is 2.27. The molecule has 2 aromatic heterocycles. The number of fused-ring (bicyclic) bond motifs is 1. The molecule has 1 aromatic carbocycles. The number of rotatable bonds is 3. The van der Waals surface area contributed by atoms with E-state index in [1.165, 1.54) is 0 Å². The van der Waals surface area contributed by atoms with Crippen LogP contribution in [-0.4, -0.2) is 14.6 Å². The van der Waals surface area contributed by atoms with Gasteiger partial charge in [0.25, 0.3) is 0 Å². The van der Waals surface area contributed by atoms with Gasteiger partial charge in [-0.2, -0.15) is 5.10 Å². The number of nitrogens with zero attached hydrogens (tertiary/aromatic N) is 3. The van der Waals surface area contributed by atoms with Gasteiger partial charge in [-0.25, -0.2) is 9.50 Å². The predicted molar refractivity (Wildman–Crippen MR) is 82.1 cm³/mol. The summed E-state index contributed by atoms with van der Waals surface area (Å²) in [6.07, 6.45) is 2.92. The maximum absolute atomic E-state index is 6.33. The summed E-state index contributed by atoms with van der Waals surface area (Å²) in [6.45, 7) is 4.35. The molecular weight excluding hydrogens is 270 g/mol. The summed E-state index contributed by atoms with van der Waals surface area (Å²) in [7, 11) is 0. The molecule has 0 amide bonds. The Morgan fingerprint density at radius 2 is 2.00 bits per heavy atom. The molecule has 0 saturated carbocycles. The van der Waals surface area contributed by atoms with Crippen LogP contribution in [0.4, 0.5) is 0 Å². The van der Waals surface area contributed by atoms with Crippen LogP contribution in [0, 0.1) is 0 Å². The van der Waals surface area contributed by atoms with Gasteiger partial charge in [-0.15, -0.1) is 0 Å². The maximum atomic E-state index is 6.33. The van der Waals surface area contributed by atoms with Gasteiger partial charge in [0.2, 0.25) is 0 Å². The summed E-state index contributed by atoms with van der Waals surface area (Å²) in [6, 6.07) is 11.9. The topological polar surface area (TPSA) is 30.2 Å². The first-order chi connectivity index (χ1) is 9.70. The maximum Gasteiger partial charge on any atom is 0.160 e. The predicted octanol–water partition coefficient (Wildman–Crippen LogP) is 4.56. The van der Waals surface area contributed by atoms with Crippen LogP contribution in [0.2, 0.25) is 5.15 Å². The lowest BCUT2D eigenvalue weighted by Gasteiger charge is -2.08. The van der Waals surface area contributed by atoms with Crippen LogP contribution in [0.1, 0.15) is 31.7 Å². The van der Waals surface area contributed by atoms with Crippen molar-refractivity contribution in [2.24, 2.45) is 0 Å². The van der Waals surface area contributed by atoms with Gasteiger partial charge in [0.05, 0.1) is 11.9 Å². The molecule has 1 atom stereocenters. The zero-order chi connectivity index (χ0) is 14.1. The molecule has 3 rings (SSSR count). The summed E-state index contributed by atoms with van der Waals surface area (Å²) in [4.78, 5) is 4.75. The second kappa shape index (κ2) is 5.25. The van der Waals surface area contributed by atoms with Crippen molar-refractivity contribution in [3.05, 3.63) is 53.3 Å². The summed E-state index contributed by atoms with van der Waals surface area (Å²) in [5.74, 6) is 0.419. The minimum atomic E-state index is 0.419. The van der Waals surface area contributed by atoms with E-state index in [1.54, 1.807) is 4.52 Å². The van der Waals surface area contributed by atoms with E-state index in [4.69, 9.17) is 16.6 Å². The highest BCUT2D eigenvalue weighted by atomic mass is 35.5. The Hall–Kier alpha value is -1.87. The van der Waals surface area contributed by atoms with E-state index < -0.39 is 0 Å². The fourth-order valence-corrected chi connectivity index (χ4v) is 2.49. The van der Waals surface area contributed by atoms with Crippen molar-refractivity contribution in [2.75, 3.05) is 0 Å². The second-order valence-corrected chi connectivity index (χ2v) is 5.36. The first-order valence-corrected chi connectivity index (χ1v) is 7.18. The Balaban J connectivity index is 2.21. The highest BCUT2D eigenvalue weighted by Gasteiger charge is 2.15. The van der Waals surface area contributed by atoms with Crippen molar-refractivity contribution >= 4 is 17.2 Å². The van der Waals surface area contributed by atoms with E-state index in [0.717, 1.165) is 28.9 Å². The molecule has 102 valence electrons. The van der Waals surface area contributed by atoms with E-state index >= 15 is 0 Å². The Morgan fingerprint density at radius 1 is 1.25 bits per heavy atom. The molecule has 0 N–H and O–H groups in total. The quantitative estimate of drug-likeness (QED) is 0.660. The first kappa shape index (κ1) is 13.1. The lowest BCUT2D eigenvalue weighted by atomic mass is 10.0. The minimum Gasteiger partial charge on any atom is -0.228 e. The second-order valence-electron chi connectivity index (χ2n) is 4.97.